The highest BCUT2D eigenvalue weighted by atomic mass is 16.5. The largest absolute Gasteiger partial charge is 0.493 e. The molecule has 0 aliphatic carbocycles. The number of para-hydroxylation sites is 1. The second kappa shape index (κ2) is 9.04. The Morgan fingerprint density at radius 3 is 2.71 bits per heavy atom. The van der Waals surface area contributed by atoms with Gasteiger partial charge in [-0.05, 0) is 36.6 Å². The molecule has 1 aromatic heterocycles. The monoisotopic (exact) mass is 376 g/mol. The number of methoxy groups -OCH3 is 2. The molecule has 1 amide bonds. The molecule has 5 heteroatoms. The summed E-state index contributed by atoms with van der Waals surface area (Å²) in [5.41, 5.74) is 3.47. The summed E-state index contributed by atoms with van der Waals surface area (Å²) in [5, 5.41) is 4.08. The summed E-state index contributed by atoms with van der Waals surface area (Å²) in [7, 11) is 3.15. The first-order chi connectivity index (χ1) is 13.7. The molecule has 0 aliphatic rings. The second-order valence-corrected chi connectivity index (χ2v) is 6.36. The summed E-state index contributed by atoms with van der Waals surface area (Å²) in [6.45, 7) is 4.28. The molecule has 0 fully saturated rings. The Bertz CT molecular complexity index is 993. The highest BCUT2D eigenvalue weighted by Gasteiger charge is 2.15. The van der Waals surface area contributed by atoms with E-state index >= 15 is 0 Å². The molecule has 2 aromatic carbocycles. The minimum atomic E-state index is -0.153. The van der Waals surface area contributed by atoms with E-state index < -0.39 is 0 Å². The van der Waals surface area contributed by atoms with Crippen molar-refractivity contribution in [1.29, 1.82) is 0 Å². The summed E-state index contributed by atoms with van der Waals surface area (Å²) in [4.78, 5) is 17.1. The third kappa shape index (κ3) is 4.14. The van der Waals surface area contributed by atoms with Crippen LogP contribution in [-0.4, -0.2) is 31.7 Å². The Morgan fingerprint density at radius 1 is 1.14 bits per heavy atom. The van der Waals surface area contributed by atoms with Crippen molar-refractivity contribution in [2.45, 2.75) is 12.8 Å². The summed E-state index contributed by atoms with van der Waals surface area (Å²) >= 11 is 0. The maximum Gasteiger partial charge on any atom is 0.251 e. The van der Waals surface area contributed by atoms with Gasteiger partial charge in [-0.25, -0.2) is 0 Å². The molecule has 3 aromatic rings. The van der Waals surface area contributed by atoms with Crippen LogP contribution < -0.4 is 14.8 Å². The normalized spacial score (nSPS) is 10.5. The number of rotatable bonds is 8. The zero-order valence-corrected chi connectivity index (χ0v) is 16.2. The summed E-state index contributed by atoms with van der Waals surface area (Å²) in [6.07, 6.45) is 4.84. The second-order valence-electron chi connectivity index (χ2n) is 6.36. The van der Waals surface area contributed by atoms with E-state index in [4.69, 9.17) is 9.47 Å². The quantitative estimate of drug-likeness (QED) is 0.605. The smallest absolute Gasteiger partial charge is 0.251 e. The van der Waals surface area contributed by atoms with Gasteiger partial charge in [0.2, 0.25) is 0 Å². The van der Waals surface area contributed by atoms with Crippen LogP contribution in [0.25, 0.3) is 10.9 Å². The fourth-order valence-corrected chi connectivity index (χ4v) is 3.26. The number of nitrogens with one attached hydrogen (secondary N) is 1. The number of carbonyl (C=O) groups excluding carboxylic acids is 1. The summed E-state index contributed by atoms with van der Waals surface area (Å²) in [6, 6.07) is 13.6. The number of benzene rings is 2. The number of carbonyl (C=O) groups is 1. The first-order valence-electron chi connectivity index (χ1n) is 9.14. The van der Waals surface area contributed by atoms with Gasteiger partial charge in [-0.2, -0.15) is 0 Å². The fraction of sp³-hybridized carbons (Fsp3) is 0.217. The van der Waals surface area contributed by atoms with Crippen molar-refractivity contribution in [3.05, 3.63) is 78.0 Å². The number of hydrogen-bond donors (Lipinski definition) is 1. The standard InChI is InChI=1S/C23H24N2O3/c1-4-7-18-14-19(15-20(27-2)22(18)28-3)23(26)25-13-11-17-9-5-8-16-10-6-12-24-21(16)17/h4-6,8-10,12,14-15H,1,7,11,13H2,2-3H3,(H,25,26). The van der Waals surface area contributed by atoms with Crippen LogP contribution >= 0.6 is 0 Å². The van der Waals surface area contributed by atoms with Gasteiger partial charge in [-0.15, -0.1) is 6.58 Å². The molecule has 0 aliphatic heterocycles. The van der Waals surface area contributed by atoms with Gasteiger partial charge in [0.15, 0.2) is 11.5 Å². The van der Waals surface area contributed by atoms with Crippen molar-refractivity contribution in [2.75, 3.05) is 20.8 Å². The highest BCUT2D eigenvalue weighted by Crippen LogP contribution is 2.33. The van der Waals surface area contributed by atoms with Crippen LogP contribution in [0.1, 0.15) is 21.5 Å². The van der Waals surface area contributed by atoms with Crippen molar-refractivity contribution in [1.82, 2.24) is 10.3 Å². The first kappa shape index (κ1) is 19.4. The van der Waals surface area contributed by atoms with Crippen LogP contribution in [0.5, 0.6) is 11.5 Å². The first-order valence-corrected chi connectivity index (χ1v) is 9.14. The number of aromatic nitrogens is 1. The predicted molar refractivity (Wildman–Crippen MR) is 111 cm³/mol. The van der Waals surface area contributed by atoms with Gasteiger partial charge >= 0.3 is 0 Å². The Kier molecular flexibility index (Phi) is 6.27. The van der Waals surface area contributed by atoms with Crippen molar-refractivity contribution < 1.29 is 14.3 Å². The van der Waals surface area contributed by atoms with Crippen molar-refractivity contribution in [3.63, 3.8) is 0 Å². The van der Waals surface area contributed by atoms with Crippen LogP contribution in [0.4, 0.5) is 0 Å². The van der Waals surface area contributed by atoms with E-state index in [9.17, 15) is 4.79 Å². The zero-order chi connectivity index (χ0) is 19.9. The van der Waals surface area contributed by atoms with Gasteiger partial charge in [-0.1, -0.05) is 30.3 Å². The van der Waals surface area contributed by atoms with Gasteiger partial charge in [0.05, 0.1) is 19.7 Å². The zero-order valence-electron chi connectivity index (χ0n) is 16.2. The molecule has 1 N–H and O–H groups in total. The fourth-order valence-electron chi connectivity index (χ4n) is 3.26. The maximum absolute atomic E-state index is 12.7. The molecule has 0 radical (unpaired) electrons. The molecule has 0 bridgehead atoms. The molecule has 0 atom stereocenters. The minimum Gasteiger partial charge on any atom is -0.493 e. The lowest BCUT2D eigenvalue weighted by atomic mass is 10.0. The number of allylic oxidation sites excluding steroid dienone is 1. The molecule has 3 rings (SSSR count). The minimum absolute atomic E-state index is 0.153. The van der Waals surface area contributed by atoms with E-state index in [1.165, 1.54) is 0 Å². The number of pyridine rings is 1. The van der Waals surface area contributed by atoms with Gasteiger partial charge < -0.3 is 14.8 Å². The Hall–Kier alpha value is -3.34. The van der Waals surface area contributed by atoms with Gasteiger partial charge in [0.25, 0.3) is 5.91 Å². The Labute approximate surface area is 165 Å². The predicted octanol–water partition coefficient (Wildman–Crippen LogP) is 3.95. The van der Waals surface area contributed by atoms with Gasteiger partial charge in [-0.3, -0.25) is 9.78 Å². The van der Waals surface area contributed by atoms with Crippen LogP contribution in [0.15, 0.2) is 61.3 Å². The van der Waals surface area contributed by atoms with Gasteiger partial charge in [0.1, 0.15) is 0 Å². The summed E-state index contributed by atoms with van der Waals surface area (Å²) in [5.74, 6) is 1.01. The van der Waals surface area contributed by atoms with Crippen LogP contribution in [0.2, 0.25) is 0 Å². The topological polar surface area (TPSA) is 60.5 Å². The summed E-state index contributed by atoms with van der Waals surface area (Å²) < 4.78 is 10.8. The molecule has 0 spiro atoms. The van der Waals surface area contributed by atoms with Crippen LogP contribution in [0.3, 0.4) is 0 Å². The lowest BCUT2D eigenvalue weighted by Gasteiger charge is -2.14. The van der Waals surface area contributed by atoms with E-state index in [0.717, 1.165) is 22.0 Å². The molecule has 144 valence electrons. The Balaban J connectivity index is 1.74. The average molecular weight is 376 g/mol. The molecule has 5 nitrogen and oxygen atoms in total. The molecule has 0 saturated heterocycles. The van der Waals surface area contributed by atoms with Crippen molar-refractivity contribution >= 4 is 16.8 Å². The molecular weight excluding hydrogens is 352 g/mol. The molecule has 0 saturated carbocycles. The molecular formula is C23H24N2O3. The van der Waals surface area contributed by atoms with Crippen LogP contribution in [0, 0.1) is 0 Å². The van der Waals surface area contributed by atoms with Crippen molar-refractivity contribution in [3.8, 4) is 11.5 Å². The number of hydrogen-bond acceptors (Lipinski definition) is 4. The third-order valence-electron chi connectivity index (χ3n) is 4.58. The maximum atomic E-state index is 12.7. The lowest BCUT2D eigenvalue weighted by molar-refractivity contribution is 0.0953. The highest BCUT2D eigenvalue weighted by molar-refractivity contribution is 5.95. The molecule has 0 unspecified atom stereocenters. The third-order valence-corrected chi connectivity index (χ3v) is 4.58. The molecule has 28 heavy (non-hydrogen) atoms. The van der Waals surface area contributed by atoms with E-state index in [-0.39, 0.29) is 5.91 Å². The van der Waals surface area contributed by atoms with E-state index in [1.54, 1.807) is 32.6 Å². The van der Waals surface area contributed by atoms with Crippen LogP contribution in [-0.2, 0) is 12.8 Å². The number of nitrogens with zero attached hydrogens (tertiary/aromatic N) is 1. The van der Waals surface area contributed by atoms with Crippen molar-refractivity contribution in [2.24, 2.45) is 0 Å². The van der Waals surface area contributed by atoms with E-state index in [2.05, 4.69) is 16.9 Å². The average Bonchev–Trinajstić information content (AvgIpc) is 2.73. The lowest BCUT2D eigenvalue weighted by Crippen LogP contribution is -2.26. The molecule has 1 heterocycles. The van der Waals surface area contributed by atoms with Gasteiger partial charge in [0, 0.05) is 29.3 Å². The SMILES string of the molecule is C=CCc1cc(C(=O)NCCc2cccc3cccnc23)cc(OC)c1OC. The number of amides is 1. The number of ether oxygens (including phenoxy) is 2. The Morgan fingerprint density at radius 2 is 1.96 bits per heavy atom. The van der Waals surface area contributed by atoms with E-state index in [1.807, 2.05) is 36.4 Å². The van der Waals surface area contributed by atoms with E-state index in [0.29, 0.717) is 36.4 Å². The number of fused-ring (bicyclic) bond motifs is 1.